The van der Waals surface area contributed by atoms with Crippen LogP contribution in [0.3, 0.4) is 0 Å². The first-order valence-electron chi connectivity index (χ1n) is 22.8. The van der Waals surface area contributed by atoms with Gasteiger partial charge in [0.15, 0.2) is 0 Å². The molecule has 0 saturated heterocycles. The molecule has 0 atom stereocenters. The minimum Gasteiger partial charge on any atom is -0.0619 e. The minimum absolute atomic E-state index is 0.0727. The second kappa shape index (κ2) is 11.7. The molecule has 0 heterocycles. The molecule has 0 bridgehead atoms. The maximum Gasteiger partial charge on any atom is 0.0159 e. The van der Waals surface area contributed by atoms with Gasteiger partial charge >= 0.3 is 0 Å². The van der Waals surface area contributed by atoms with Crippen LogP contribution in [0.1, 0.15) is 74.9 Å². The first-order chi connectivity index (χ1) is 30.5. The molecule has 4 aliphatic carbocycles. The Morgan fingerprint density at radius 1 is 0.254 bits per heavy atom. The minimum atomic E-state index is -0.0871. The van der Waals surface area contributed by atoms with Gasteiger partial charge in [-0.25, -0.2) is 0 Å². The molecule has 0 radical (unpaired) electrons. The van der Waals surface area contributed by atoms with Crippen LogP contribution in [-0.4, -0.2) is 0 Å². The molecule has 63 heavy (non-hydrogen) atoms. The highest BCUT2D eigenvalue weighted by atomic mass is 14.4. The molecule has 0 aromatic heterocycles. The SMILES string of the molecule is CC1(C)c2ccccc2-c2ccc(-c3ccc4ccc5c(-c6ccc7c(c6)C(C)(C)c6ccccc6-7)cc6c(-c7ccc8c(c7)C(C)(C)c7ccccc7-8)ccc7c6c5c4c3-7)cc21. The third-order valence-electron chi connectivity index (χ3n) is 16.2. The maximum absolute atomic E-state index is 2.55. The number of benzene rings is 10. The standard InChI is InChI=1S/C63H46/c1-61(2)51-16-10-7-13-41(51)44-25-21-36(31-54(44)61)39-29-30-48-58-40(37-22-26-45-42-14-8-11-17-52(42)62(3,4)55(45)32-37)24-19-35-20-28-47-49(34-50(39)59(48)60(47)57(35)58)38-23-27-46-43-15-9-12-18-53(43)63(5,6)56(46)33-38/h7-34H,1-6H3. The average molecular weight is 803 g/mol. The van der Waals surface area contributed by atoms with Crippen molar-refractivity contribution in [3.63, 3.8) is 0 Å². The molecular formula is C63H46. The predicted octanol–water partition coefficient (Wildman–Crippen LogP) is 17.0. The first kappa shape index (κ1) is 35.6. The zero-order valence-electron chi connectivity index (χ0n) is 36.7. The Balaban J connectivity index is 1.04. The largest absolute Gasteiger partial charge is 0.0619 e. The number of fused-ring (bicyclic) bond motifs is 10. The Kier molecular flexibility index (Phi) is 6.61. The van der Waals surface area contributed by atoms with Crippen LogP contribution in [0.15, 0.2) is 170 Å². The fourth-order valence-corrected chi connectivity index (χ4v) is 13.0. The maximum atomic E-state index is 2.55. The van der Waals surface area contributed by atoms with E-state index in [1.165, 1.54) is 144 Å². The van der Waals surface area contributed by atoms with Crippen molar-refractivity contribution >= 4 is 32.3 Å². The van der Waals surface area contributed by atoms with E-state index in [1.807, 2.05) is 0 Å². The molecule has 0 saturated carbocycles. The van der Waals surface area contributed by atoms with Gasteiger partial charge in [-0.1, -0.05) is 187 Å². The van der Waals surface area contributed by atoms with E-state index in [0.29, 0.717) is 0 Å². The molecule has 0 aliphatic heterocycles. The highest BCUT2D eigenvalue weighted by Gasteiger charge is 2.39. The molecule has 4 aliphatic rings. The summed E-state index contributed by atoms with van der Waals surface area (Å²) >= 11 is 0. The van der Waals surface area contributed by atoms with Crippen LogP contribution >= 0.6 is 0 Å². The van der Waals surface area contributed by atoms with E-state index in [-0.39, 0.29) is 16.2 Å². The van der Waals surface area contributed by atoms with E-state index in [2.05, 4.69) is 211 Å². The van der Waals surface area contributed by atoms with Crippen LogP contribution in [-0.2, 0) is 16.2 Å². The zero-order valence-corrected chi connectivity index (χ0v) is 36.7. The van der Waals surface area contributed by atoms with E-state index in [1.54, 1.807) is 0 Å². The Morgan fingerprint density at radius 3 is 1.17 bits per heavy atom. The lowest BCUT2D eigenvalue weighted by Crippen LogP contribution is -2.14. The third-order valence-corrected chi connectivity index (χ3v) is 16.2. The molecule has 10 aromatic rings. The van der Waals surface area contributed by atoms with Gasteiger partial charge in [-0.2, -0.15) is 0 Å². The molecule has 0 fully saturated rings. The van der Waals surface area contributed by atoms with Gasteiger partial charge in [0, 0.05) is 16.2 Å². The van der Waals surface area contributed by atoms with Crippen LogP contribution in [0.25, 0.3) is 110 Å². The summed E-state index contributed by atoms with van der Waals surface area (Å²) in [6.07, 6.45) is 0. The average Bonchev–Trinajstić information content (AvgIpc) is 3.94. The highest BCUT2D eigenvalue weighted by Crippen LogP contribution is 2.58. The normalized spacial score (nSPS) is 15.8. The Hall–Kier alpha value is -7.02. The Morgan fingerprint density at radius 2 is 0.651 bits per heavy atom. The summed E-state index contributed by atoms with van der Waals surface area (Å²) in [5.41, 5.74) is 26.8. The summed E-state index contributed by atoms with van der Waals surface area (Å²) in [6, 6.07) is 65.8. The van der Waals surface area contributed by atoms with Crippen molar-refractivity contribution in [3.8, 4) is 77.9 Å². The van der Waals surface area contributed by atoms with Crippen molar-refractivity contribution < 1.29 is 0 Å². The Labute approximate surface area is 369 Å². The van der Waals surface area contributed by atoms with Crippen molar-refractivity contribution in [2.75, 3.05) is 0 Å². The van der Waals surface area contributed by atoms with Gasteiger partial charge in [0.1, 0.15) is 0 Å². The first-order valence-corrected chi connectivity index (χ1v) is 22.8. The number of hydrogen-bond acceptors (Lipinski definition) is 0. The molecular weight excluding hydrogens is 757 g/mol. The second-order valence-electron chi connectivity index (χ2n) is 20.4. The monoisotopic (exact) mass is 802 g/mol. The molecule has 0 nitrogen and oxygen atoms in total. The van der Waals surface area contributed by atoms with Crippen molar-refractivity contribution in [1.29, 1.82) is 0 Å². The van der Waals surface area contributed by atoms with Crippen LogP contribution in [0.4, 0.5) is 0 Å². The van der Waals surface area contributed by atoms with Gasteiger partial charge in [0.2, 0.25) is 0 Å². The van der Waals surface area contributed by atoms with Gasteiger partial charge in [-0.05, 0) is 168 Å². The lowest BCUT2D eigenvalue weighted by Gasteiger charge is -2.23. The molecule has 14 rings (SSSR count). The fraction of sp³-hybridized carbons (Fsp3) is 0.143. The third kappa shape index (κ3) is 4.37. The smallest absolute Gasteiger partial charge is 0.0159 e. The molecule has 298 valence electrons. The summed E-state index contributed by atoms with van der Waals surface area (Å²) in [4.78, 5) is 0. The fourth-order valence-electron chi connectivity index (χ4n) is 13.0. The van der Waals surface area contributed by atoms with E-state index >= 15 is 0 Å². The highest BCUT2D eigenvalue weighted by molar-refractivity contribution is 6.37. The molecule has 0 heteroatoms. The molecule has 0 unspecified atom stereocenters. The summed E-state index contributed by atoms with van der Waals surface area (Å²) in [5.74, 6) is 0. The molecule has 10 aromatic carbocycles. The van der Waals surface area contributed by atoms with Crippen LogP contribution in [0.5, 0.6) is 0 Å². The van der Waals surface area contributed by atoms with Gasteiger partial charge in [-0.15, -0.1) is 0 Å². The zero-order chi connectivity index (χ0) is 42.3. The number of rotatable bonds is 3. The lowest BCUT2D eigenvalue weighted by molar-refractivity contribution is 0.660. The summed E-state index contributed by atoms with van der Waals surface area (Å²) < 4.78 is 0. The van der Waals surface area contributed by atoms with E-state index in [4.69, 9.17) is 0 Å². The second-order valence-corrected chi connectivity index (χ2v) is 20.4. The quantitative estimate of drug-likeness (QED) is 0.156. The van der Waals surface area contributed by atoms with E-state index in [0.717, 1.165) is 0 Å². The van der Waals surface area contributed by atoms with Crippen LogP contribution < -0.4 is 0 Å². The molecule has 0 spiro atoms. The van der Waals surface area contributed by atoms with Crippen molar-refractivity contribution in [1.82, 2.24) is 0 Å². The van der Waals surface area contributed by atoms with Crippen LogP contribution in [0, 0.1) is 0 Å². The number of hydrogen-bond donors (Lipinski definition) is 0. The van der Waals surface area contributed by atoms with Gasteiger partial charge in [-0.3, -0.25) is 0 Å². The van der Waals surface area contributed by atoms with Crippen molar-refractivity contribution in [2.24, 2.45) is 0 Å². The lowest BCUT2D eigenvalue weighted by atomic mass is 9.80. The summed E-state index contributed by atoms with van der Waals surface area (Å²) in [5, 5.41) is 8.10. The topological polar surface area (TPSA) is 0 Å². The summed E-state index contributed by atoms with van der Waals surface area (Å²) in [6.45, 7) is 14.4. The molecule has 0 N–H and O–H groups in total. The van der Waals surface area contributed by atoms with Crippen LogP contribution in [0.2, 0.25) is 0 Å². The van der Waals surface area contributed by atoms with Crippen molar-refractivity contribution in [3.05, 3.63) is 203 Å². The van der Waals surface area contributed by atoms with Gasteiger partial charge in [0.25, 0.3) is 0 Å². The van der Waals surface area contributed by atoms with Gasteiger partial charge in [0.05, 0.1) is 0 Å². The van der Waals surface area contributed by atoms with E-state index < -0.39 is 0 Å². The van der Waals surface area contributed by atoms with Crippen molar-refractivity contribution in [2.45, 2.75) is 57.8 Å². The predicted molar refractivity (Wildman–Crippen MR) is 267 cm³/mol. The van der Waals surface area contributed by atoms with Gasteiger partial charge < -0.3 is 0 Å². The molecule has 0 amide bonds. The summed E-state index contributed by atoms with van der Waals surface area (Å²) in [7, 11) is 0. The Bertz CT molecular complexity index is 3750. The van der Waals surface area contributed by atoms with E-state index in [9.17, 15) is 0 Å².